The second-order valence-corrected chi connectivity index (χ2v) is 20.0. The molecule has 14 N–H and O–H groups in total. The van der Waals surface area contributed by atoms with Gasteiger partial charge in [-0.25, -0.2) is 61.8 Å². The Kier molecular flexibility index (Phi) is 21.9. The molecule has 34 heteroatoms. The van der Waals surface area contributed by atoms with Gasteiger partial charge in [-0.05, 0) is 107 Å². The molecule has 0 aliphatic rings. The highest BCUT2D eigenvalue weighted by atomic mass is 19.1. The molecular weight excluding hydrogens is 1260 g/mol. The number of rotatable bonds is 15. The number of anilines is 4. The molecule has 31 nitrogen and oxygen atoms in total. The standard InChI is InChI=1S/C17H17FN6O2.C16H13FN6O.C16H14FN5O3.C14H16N6O2/c1-3-20-17(26)24-16-22-12-8-9(15(25)19-2)7-10(14(12)23-16)13-11(18)5-4-6-21-13;1-2-19-16(24)23-15-21-12-7-9(8-18)6-10(14(12)22-15)13-11(17)4-3-5-20-13;1-2-18-16(25)22-15-20-11-7-8(14(23)24)6-9(13(11)21-15)12-10(17)4-3-5-19-12;1-3-15-14(21)19-13-17-10-7-9(22-2)8-11(12(10)18-13)20-6-4-5-16-20/h4-8H,3H2,1-2H3,(H,19,25)(H3,20,22,23,24,26);3-7H,2H2,1H3,(H3,19,21,22,23,24);3-7H,2H2,1H3,(H,23,24)(H3,18,20,21,22,25);4-8H,3H2,1-2H3,(H3,15,17,18,19,21). The number of imidazole rings is 4. The van der Waals surface area contributed by atoms with Crippen LogP contribution in [-0.2, 0) is 0 Å². The zero-order valence-electron chi connectivity index (χ0n) is 52.3. The monoisotopic (exact) mass is 1320 g/mol. The van der Waals surface area contributed by atoms with E-state index in [0.717, 1.165) is 11.2 Å². The molecule has 0 atom stereocenters. The third-order valence-electron chi connectivity index (χ3n) is 13.5. The van der Waals surface area contributed by atoms with Crippen LogP contribution in [0.25, 0.3) is 83.6 Å². The van der Waals surface area contributed by atoms with Gasteiger partial charge in [0.25, 0.3) is 5.91 Å². The van der Waals surface area contributed by atoms with Crippen molar-refractivity contribution >= 4 is 104 Å². The second kappa shape index (κ2) is 31.2. The lowest BCUT2D eigenvalue weighted by Gasteiger charge is -2.06. The highest BCUT2D eigenvalue weighted by molar-refractivity contribution is 6.04. The number of benzene rings is 4. The van der Waals surface area contributed by atoms with Gasteiger partial charge in [0.2, 0.25) is 23.8 Å². The number of H-pyrrole nitrogens is 4. The summed E-state index contributed by atoms with van der Waals surface area (Å²) in [7, 11) is 3.10. The Morgan fingerprint density at radius 1 is 0.526 bits per heavy atom. The van der Waals surface area contributed by atoms with Gasteiger partial charge in [0.1, 0.15) is 62.3 Å². The van der Waals surface area contributed by atoms with Crippen LogP contribution in [0.1, 0.15) is 54.0 Å². The zero-order valence-corrected chi connectivity index (χ0v) is 52.3. The molecule has 4 aromatic carbocycles. The molecule has 0 saturated heterocycles. The summed E-state index contributed by atoms with van der Waals surface area (Å²) in [5, 5.41) is 45.8. The minimum Gasteiger partial charge on any atom is -0.497 e. The van der Waals surface area contributed by atoms with Crippen LogP contribution in [-0.4, -0.2) is 146 Å². The van der Waals surface area contributed by atoms with Crippen LogP contribution in [0.3, 0.4) is 0 Å². The fourth-order valence-corrected chi connectivity index (χ4v) is 9.37. The maximum atomic E-state index is 14.3. The summed E-state index contributed by atoms with van der Waals surface area (Å²) in [5.41, 5.74) is 6.29. The van der Waals surface area contributed by atoms with Crippen molar-refractivity contribution in [2.24, 2.45) is 0 Å². The molecule has 97 heavy (non-hydrogen) atoms. The molecule has 8 aromatic heterocycles. The SMILES string of the molecule is CCNC(=O)Nc1nc2c(-c3ncccc3F)cc(C#N)cc2[nH]1.CCNC(=O)Nc1nc2c(-c3ncccc3F)cc(C(=O)NC)cc2[nH]1.CCNC(=O)Nc1nc2c(-c3ncccc3F)cc(C(=O)O)cc2[nH]1.CCNC(=O)Nc1nc2c(-n3cccn3)cc(OC)cc2[nH]1. The number of nitrogens with one attached hydrogen (secondary N) is 13. The van der Waals surface area contributed by atoms with Crippen molar-refractivity contribution < 1.29 is 51.8 Å². The predicted octanol–water partition coefficient (Wildman–Crippen LogP) is 9.54. The highest BCUT2D eigenvalue weighted by Crippen LogP contribution is 2.34. The van der Waals surface area contributed by atoms with Gasteiger partial charge in [-0.15, -0.1) is 0 Å². The first-order valence-electron chi connectivity index (χ1n) is 29.4. The van der Waals surface area contributed by atoms with E-state index >= 15 is 0 Å². The van der Waals surface area contributed by atoms with Gasteiger partial charge in [0.15, 0.2) is 0 Å². The smallest absolute Gasteiger partial charge is 0.335 e. The summed E-state index contributed by atoms with van der Waals surface area (Å²) in [6, 6.07) is 22.9. The highest BCUT2D eigenvalue weighted by Gasteiger charge is 2.22. The topological polar surface area (TPSA) is 435 Å². The fraction of sp³-hybridized carbons (Fsp3) is 0.159. The number of aromatic amines is 4. The van der Waals surface area contributed by atoms with Crippen molar-refractivity contribution in [3.8, 4) is 51.3 Å². The molecule has 0 fully saturated rings. The van der Waals surface area contributed by atoms with Crippen molar-refractivity contribution in [1.82, 2.24) is 91.2 Å². The Bertz CT molecular complexity index is 4930. The molecular formula is C63H60F3N23O8. The Hall–Kier alpha value is -13.5. The number of fused-ring (bicyclic) bond motifs is 4. The summed E-state index contributed by atoms with van der Waals surface area (Å²) < 4.78 is 49.5. The maximum absolute atomic E-state index is 14.3. The number of methoxy groups -OCH3 is 1. The first-order valence-corrected chi connectivity index (χ1v) is 29.4. The van der Waals surface area contributed by atoms with E-state index in [9.17, 15) is 52.3 Å². The van der Waals surface area contributed by atoms with Crippen LogP contribution < -0.4 is 52.6 Å². The van der Waals surface area contributed by atoms with E-state index in [-0.39, 0.29) is 58.0 Å². The minimum absolute atomic E-state index is 0.0216. The van der Waals surface area contributed by atoms with Gasteiger partial charge in [-0.1, -0.05) is 0 Å². The lowest BCUT2D eigenvalue weighted by Crippen LogP contribution is -2.28. The number of pyridine rings is 3. The quantitative estimate of drug-likeness (QED) is 0.0454. The van der Waals surface area contributed by atoms with E-state index < -0.39 is 41.5 Å². The van der Waals surface area contributed by atoms with E-state index in [4.69, 9.17) is 4.74 Å². The number of hydrogen-bond acceptors (Lipinski definition) is 16. The summed E-state index contributed by atoms with van der Waals surface area (Å²) in [6.07, 6.45) is 7.82. The average molecular weight is 1320 g/mol. The number of nitrogens with zero attached hydrogens (tertiary/aromatic N) is 10. The first-order chi connectivity index (χ1) is 46.8. The number of carbonyl (C=O) groups is 6. The van der Waals surface area contributed by atoms with Gasteiger partial charge in [0, 0.05) is 98.6 Å². The molecule has 0 unspecified atom stereocenters. The summed E-state index contributed by atoms with van der Waals surface area (Å²) in [5.74, 6) is -1.65. The van der Waals surface area contributed by atoms with Gasteiger partial charge >= 0.3 is 30.1 Å². The Labute approximate surface area is 546 Å². The molecule has 0 spiro atoms. The molecule has 496 valence electrons. The molecule has 0 aliphatic heterocycles. The number of nitriles is 1. The number of amides is 9. The van der Waals surface area contributed by atoms with E-state index in [2.05, 4.69) is 108 Å². The van der Waals surface area contributed by atoms with Crippen molar-refractivity contribution in [2.75, 3.05) is 61.6 Å². The lowest BCUT2D eigenvalue weighted by molar-refractivity contribution is 0.0696. The molecule has 12 aromatic rings. The Morgan fingerprint density at radius 2 is 0.918 bits per heavy atom. The van der Waals surface area contributed by atoms with E-state index in [0.29, 0.717) is 98.7 Å². The summed E-state index contributed by atoms with van der Waals surface area (Å²) in [6.45, 7) is 9.08. The van der Waals surface area contributed by atoms with Gasteiger partial charge in [0.05, 0.1) is 52.1 Å². The van der Waals surface area contributed by atoms with Crippen LogP contribution in [0.5, 0.6) is 5.75 Å². The van der Waals surface area contributed by atoms with Crippen LogP contribution in [0.2, 0.25) is 0 Å². The van der Waals surface area contributed by atoms with Crippen LogP contribution in [0, 0.1) is 28.8 Å². The Morgan fingerprint density at radius 3 is 1.29 bits per heavy atom. The lowest BCUT2D eigenvalue weighted by atomic mass is 10.0. The number of halogens is 3. The van der Waals surface area contributed by atoms with Crippen LogP contribution in [0.4, 0.5) is 56.1 Å². The van der Waals surface area contributed by atoms with Crippen LogP contribution in [0.15, 0.2) is 122 Å². The van der Waals surface area contributed by atoms with Crippen LogP contribution >= 0.6 is 0 Å². The number of ether oxygens (including phenoxy) is 1. The number of aromatic nitrogens is 13. The van der Waals surface area contributed by atoms with Crippen molar-refractivity contribution in [2.45, 2.75) is 27.7 Å². The normalized spacial score (nSPS) is 10.6. The van der Waals surface area contributed by atoms with Crippen molar-refractivity contribution in [1.29, 1.82) is 5.26 Å². The fourth-order valence-electron chi connectivity index (χ4n) is 9.37. The van der Waals surface area contributed by atoms with Crippen molar-refractivity contribution in [3.63, 3.8) is 0 Å². The summed E-state index contributed by atoms with van der Waals surface area (Å²) >= 11 is 0. The molecule has 0 bridgehead atoms. The molecule has 0 saturated carbocycles. The number of hydrogen-bond donors (Lipinski definition) is 14. The van der Waals surface area contributed by atoms with Crippen molar-refractivity contribution in [3.05, 3.63) is 156 Å². The van der Waals surface area contributed by atoms with Gasteiger partial charge in [-0.3, -0.25) is 41.0 Å². The molecule has 0 radical (unpaired) electrons. The molecule has 9 amide bonds. The minimum atomic E-state index is -1.17. The number of carbonyl (C=O) groups excluding carboxylic acids is 5. The maximum Gasteiger partial charge on any atom is 0.335 e. The molecule has 0 aliphatic carbocycles. The first kappa shape index (κ1) is 67.9. The predicted molar refractivity (Wildman–Crippen MR) is 353 cm³/mol. The Balaban J connectivity index is 0.000000152. The second-order valence-electron chi connectivity index (χ2n) is 20.0. The van der Waals surface area contributed by atoms with E-state index in [1.807, 2.05) is 37.4 Å². The molecule has 12 rings (SSSR count). The van der Waals surface area contributed by atoms with Gasteiger partial charge in [-0.2, -0.15) is 10.4 Å². The largest absolute Gasteiger partial charge is 0.497 e. The average Bonchev–Trinajstić information content (AvgIpc) is 1.71. The van der Waals surface area contributed by atoms with Gasteiger partial charge < -0.3 is 56.4 Å². The zero-order chi connectivity index (χ0) is 69.3. The number of carboxylic acid groups (broad SMARTS) is 1. The number of urea groups is 4. The van der Waals surface area contributed by atoms with E-state index in [1.165, 1.54) is 86.3 Å². The number of aromatic carboxylic acids is 1. The third kappa shape index (κ3) is 16.4. The third-order valence-corrected chi connectivity index (χ3v) is 13.5. The number of carboxylic acids is 1. The van der Waals surface area contributed by atoms with E-state index in [1.54, 1.807) is 50.9 Å². The molecule has 8 heterocycles. The summed E-state index contributed by atoms with van der Waals surface area (Å²) in [4.78, 5) is 111.